The number of likely N-dealkylation sites (tertiary alicyclic amines) is 1. The summed E-state index contributed by atoms with van der Waals surface area (Å²) in [5.41, 5.74) is 2.89. The first-order valence-corrected chi connectivity index (χ1v) is 11.4. The van der Waals surface area contributed by atoms with Crippen molar-refractivity contribution in [2.75, 3.05) is 13.1 Å². The summed E-state index contributed by atoms with van der Waals surface area (Å²) < 4.78 is 1.19. The van der Waals surface area contributed by atoms with Gasteiger partial charge in [-0.05, 0) is 37.1 Å². The Morgan fingerprint density at radius 1 is 0.839 bits per heavy atom. The molecular formula is C26H22N2O2S. The third-order valence-electron chi connectivity index (χ3n) is 5.80. The molecule has 0 radical (unpaired) electrons. The van der Waals surface area contributed by atoms with Gasteiger partial charge in [0, 0.05) is 35.7 Å². The van der Waals surface area contributed by atoms with Crippen LogP contribution in [0, 0.1) is 0 Å². The molecule has 154 valence electrons. The van der Waals surface area contributed by atoms with E-state index in [-0.39, 0.29) is 17.6 Å². The molecule has 5 rings (SSSR count). The third kappa shape index (κ3) is 4.01. The van der Waals surface area contributed by atoms with Crippen molar-refractivity contribution < 1.29 is 9.59 Å². The zero-order valence-electron chi connectivity index (χ0n) is 17.0. The molecule has 0 bridgehead atoms. The van der Waals surface area contributed by atoms with Crippen LogP contribution in [0.5, 0.6) is 0 Å². The van der Waals surface area contributed by atoms with Gasteiger partial charge in [-0.2, -0.15) is 0 Å². The number of carbonyl (C=O) groups excluding carboxylic acids is 2. The number of hydrogen-bond donors (Lipinski definition) is 0. The average Bonchev–Trinajstić information content (AvgIpc) is 3.28. The number of fused-ring (bicyclic) bond motifs is 1. The third-order valence-corrected chi connectivity index (χ3v) is 7.00. The van der Waals surface area contributed by atoms with Crippen molar-refractivity contribution >= 4 is 33.2 Å². The lowest BCUT2D eigenvalue weighted by atomic mass is 9.97. The highest BCUT2D eigenvalue weighted by atomic mass is 32.1. The highest BCUT2D eigenvalue weighted by molar-refractivity contribution is 7.18. The monoisotopic (exact) mass is 426 g/mol. The highest BCUT2D eigenvalue weighted by Gasteiger charge is 2.27. The Morgan fingerprint density at radius 2 is 1.52 bits per heavy atom. The fourth-order valence-electron chi connectivity index (χ4n) is 4.13. The van der Waals surface area contributed by atoms with Crippen molar-refractivity contribution in [2.45, 2.75) is 18.8 Å². The van der Waals surface area contributed by atoms with Crippen LogP contribution in [0.25, 0.3) is 10.2 Å². The summed E-state index contributed by atoms with van der Waals surface area (Å²) in [6.07, 6.45) is 2.02. The molecular weight excluding hydrogens is 404 g/mol. The molecule has 1 aromatic heterocycles. The largest absolute Gasteiger partial charge is 0.338 e. The van der Waals surface area contributed by atoms with Crippen LogP contribution in [-0.2, 0) is 0 Å². The van der Waals surface area contributed by atoms with E-state index >= 15 is 0 Å². The van der Waals surface area contributed by atoms with Crippen LogP contribution in [0.3, 0.4) is 0 Å². The number of aromatic nitrogens is 1. The van der Waals surface area contributed by atoms with Crippen molar-refractivity contribution in [1.82, 2.24) is 9.88 Å². The van der Waals surface area contributed by atoms with Crippen molar-refractivity contribution in [3.05, 3.63) is 101 Å². The standard InChI is InChI=1S/C26H22N2O2S/c29-24(18-7-2-1-3-8-18)19-12-14-20(15-13-19)26(30)28-16-6-9-21(17-28)25-27-22-10-4-5-11-23(22)31-25/h1-5,7-8,10-15,21H,6,9,16-17H2. The molecule has 1 amide bonds. The van der Waals surface area contributed by atoms with E-state index in [4.69, 9.17) is 4.98 Å². The minimum atomic E-state index is -0.0338. The van der Waals surface area contributed by atoms with Crippen LogP contribution < -0.4 is 0 Å². The number of carbonyl (C=O) groups is 2. The van der Waals surface area contributed by atoms with E-state index in [1.54, 1.807) is 47.7 Å². The molecule has 31 heavy (non-hydrogen) atoms. The van der Waals surface area contributed by atoms with Gasteiger partial charge >= 0.3 is 0 Å². The molecule has 1 unspecified atom stereocenters. The predicted octanol–water partition coefficient (Wildman–Crippen LogP) is 5.55. The second-order valence-electron chi connectivity index (χ2n) is 7.88. The zero-order valence-corrected chi connectivity index (χ0v) is 17.8. The Morgan fingerprint density at radius 3 is 2.29 bits per heavy atom. The minimum Gasteiger partial charge on any atom is -0.338 e. The SMILES string of the molecule is O=C(c1ccccc1)c1ccc(C(=O)N2CCCC(c3nc4ccccc4s3)C2)cc1. The summed E-state index contributed by atoms with van der Waals surface area (Å²) >= 11 is 1.73. The number of nitrogens with zero attached hydrogens (tertiary/aromatic N) is 2. The summed E-state index contributed by atoms with van der Waals surface area (Å²) in [7, 11) is 0. The van der Waals surface area contributed by atoms with E-state index in [9.17, 15) is 9.59 Å². The molecule has 1 fully saturated rings. The molecule has 4 aromatic rings. The van der Waals surface area contributed by atoms with Gasteiger partial charge in [-0.3, -0.25) is 9.59 Å². The second kappa shape index (κ2) is 8.44. The number of piperidine rings is 1. The Bertz CT molecular complexity index is 1200. The van der Waals surface area contributed by atoms with Gasteiger partial charge in [0.2, 0.25) is 0 Å². The maximum Gasteiger partial charge on any atom is 0.253 e. The molecule has 5 heteroatoms. The predicted molar refractivity (Wildman–Crippen MR) is 124 cm³/mol. The van der Waals surface area contributed by atoms with Gasteiger partial charge in [0.1, 0.15) is 0 Å². The van der Waals surface area contributed by atoms with Crippen molar-refractivity contribution in [3.8, 4) is 0 Å². The topological polar surface area (TPSA) is 50.3 Å². The van der Waals surface area contributed by atoms with Gasteiger partial charge in [-0.15, -0.1) is 11.3 Å². The van der Waals surface area contributed by atoms with Crippen molar-refractivity contribution in [3.63, 3.8) is 0 Å². The lowest BCUT2D eigenvalue weighted by Gasteiger charge is -2.32. The maximum atomic E-state index is 13.1. The van der Waals surface area contributed by atoms with Crippen LogP contribution in [0.15, 0.2) is 78.9 Å². The van der Waals surface area contributed by atoms with Gasteiger partial charge in [0.15, 0.2) is 5.78 Å². The van der Waals surface area contributed by atoms with Gasteiger partial charge in [-0.25, -0.2) is 4.98 Å². The van der Waals surface area contributed by atoms with Gasteiger partial charge in [0.25, 0.3) is 5.91 Å². The quantitative estimate of drug-likeness (QED) is 0.402. The van der Waals surface area contributed by atoms with Gasteiger partial charge < -0.3 is 4.90 Å². The van der Waals surface area contributed by atoms with Gasteiger partial charge in [-0.1, -0.05) is 54.6 Å². The Labute approximate surface area is 185 Å². The number of ketones is 1. The summed E-state index contributed by atoms with van der Waals surface area (Å²) in [4.78, 5) is 32.5. The first-order valence-electron chi connectivity index (χ1n) is 10.5. The molecule has 0 saturated carbocycles. The molecule has 1 aliphatic heterocycles. The lowest BCUT2D eigenvalue weighted by Crippen LogP contribution is -2.39. The van der Waals surface area contributed by atoms with E-state index in [1.807, 2.05) is 41.3 Å². The number of benzene rings is 3. The molecule has 1 aliphatic rings. The van der Waals surface area contributed by atoms with E-state index in [1.165, 1.54) is 4.70 Å². The van der Waals surface area contributed by atoms with E-state index in [0.29, 0.717) is 23.2 Å². The van der Waals surface area contributed by atoms with Crippen LogP contribution in [-0.4, -0.2) is 34.7 Å². The number of rotatable bonds is 4. The van der Waals surface area contributed by atoms with Crippen molar-refractivity contribution in [1.29, 1.82) is 0 Å². The molecule has 0 spiro atoms. The molecule has 0 aliphatic carbocycles. The lowest BCUT2D eigenvalue weighted by molar-refractivity contribution is 0.0706. The Balaban J connectivity index is 1.31. The second-order valence-corrected chi connectivity index (χ2v) is 8.94. The first kappa shape index (κ1) is 19.6. The normalized spacial score (nSPS) is 16.4. The molecule has 1 atom stereocenters. The summed E-state index contributed by atoms with van der Waals surface area (Å²) in [6.45, 7) is 1.44. The molecule has 0 N–H and O–H groups in total. The number of thiazole rings is 1. The smallest absolute Gasteiger partial charge is 0.253 e. The molecule has 2 heterocycles. The Hall–Kier alpha value is -3.31. The van der Waals surface area contributed by atoms with Crippen LogP contribution in [0.4, 0.5) is 0 Å². The maximum absolute atomic E-state index is 13.1. The molecule has 1 saturated heterocycles. The first-order chi connectivity index (χ1) is 15.2. The summed E-state index contributed by atoms with van der Waals surface area (Å²) in [5.74, 6) is 0.257. The van der Waals surface area contributed by atoms with Crippen LogP contribution >= 0.6 is 11.3 Å². The molecule has 4 nitrogen and oxygen atoms in total. The fraction of sp³-hybridized carbons (Fsp3) is 0.192. The number of amides is 1. The fourth-order valence-corrected chi connectivity index (χ4v) is 5.22. The zero-order chi connectivity index (χ0) is 21.2. The summed E-state index contributed by atoms with van der Waals surface area (Å²) in [6, 6.07) is 24.4. The van der Waals surface area contributed by atoms with E-state index in [0.717, 1.165) is 29.9 Å². The average molecular weight is 427 g/mol. The summed E-state index contributed by atoms with van der Waals surface area (Å²) in [5, 5.41) is 1.11. The van der Waals surface area contributed by atoms with Crippen molar-refractivity contribution in [2.24, 2.45) is 0 Å². The van der Waals surface area contributed by atoms with E-state index in [2.05, 4.69) is 6.07 Å². The highest BCUT2D eigenvalue weighted by Crippen LogP contribution is 2.33. The van der Waals surface area contributed by atoms with Crippen LogP contribution in [0.2, 0.25) is 0 Å². The minimum absolute atomic E-state index is 0.0181. The number of hydrogen-bond acceptors (Lipinski definition) is 4. The van der Waals surface area contributed by atoms with Crippen LogP contribution in [0.1, 0.15) is 50.0 Å². The molecule has 3 aromatic carbocycles. The Kier molecular flexibility index (Phi) is 5.35. The van der Waals surface area contributed by atoms with E-state index < -0.39 is 0 Å². The van der Waals surface area contributed by atoms with Gasteiger partial charge in [0.05, 0.1) is 15.2 Å². The number of para-hydroxylation sites is 1.